The van der Waals surface area contributed by atoms with Gasteiger partial charge in [-0.3, -0.25) is 4.79 Å². The smallest absolute Gasteiger partial charge is 0.255 e. The molecule has 0 unspecified atom stereocenters. The molecule has 0 radical (unpaired) electrons. The standard InChI is InChI=1S/C16H14N2O/c1-11-6-7-12(2)15(8-11)18-16(19)14-5-3-4-13(9-14)10-17/h3-9H,1-2H3,(H,18,19). The van der Waals surface area contributed by atoms with Gasteiger partial charge in [0.25, 0.3) is 5.91 Å². The number of benzene rings is 2. The zero-order valence-corrected chi connectivity index (χ0v) is 10.9. The molecule has 0 aliphatic rings. The maximum absolute atomic E-state index is 12.1. The summed E-state index contributed by atoms with van der Waals surface area (Å²) in [6.45, 7) is 3.92. The van der Waals surface area contributed by atoms with E-state index < -0.39 is 0 Å². The first-order valence-electron chi connectivity index (χ1n) is 5.99. The van der Waals surface area contributed by atoms with Crippen molar-refractivity contribution in [2.24, 2.45) is 0 Å². The van der Waals surface area contributed by atoms with Crippen LogP contribution in [0.25, 0.3) is 0 Å². The van der Waals surface area contributed by atoms with Crippen LogP contribution in [0.15, 0.2) is 42.5 Å². The molecule has 3 heteroatoms. The van der Waals surface area contributed by atoms with Crippen molar-refractivity contribution in [2.75, 3.05) is 5.32 Å². The number of nitrogens with one attached hydrogen (secondary N) is 1. The molecular formula is C16H14N2O. The Bertz CT molecular complexity index is 669. The highest BCUT2D eigenvalue weighted by Gasteiger charge is 2.08. The Morgan fingerprint density at radius 2 is 1.95 bits per heavy atom. The van der Waals surface area contributed by atoms with Gasteiger partial charge in [0.15, 0.2) is 0 Å². The number of amides is 1. The van der Waals surface area contributed by atoms with Crippen molar-refractivity contribution >= 4 is 11.6 Å². The Labute approximate surface area is 112 Å². The molecule has 0 saturated heterocycles. The van der Waals surface area contributed by atoms with Crippen LogP contribution in [0.1, 0.15) is 27.0 Å². The number of rotatable bonds is 2. The number of carbonyl (C=O) groups excluding carboxylic acids is 1. The van der Waals surface area contributed by atoms with Crippen LogP contribution in [0.4, 0.5) is 5.69 Å². The van der Waals surface area contributed by atoms with Gasteiger partial charge < -0.3 is 5.32 Å². The fraction of sp³-hybridized carbons (Fsp3) is 0.125. The van der Waals surface area contributed by atoms with E-state index in [1.165, 1.54) is 0 Å². The summed E-state index contributed by atoms with van der Waals surface area (Å²) in [5.74, 6) is -0.203. The van der Waals surface area contributed by atoms with Crippen molar-refractivity contribution in [1.82, 2.24) is 0 Å². The summed E-state index contributed by atoms with van der Waals surface area (Å²) in [7, 11) is 0. The second-order valence-corrected chi connectivity index (χ2v) is 4.47. The van der Waals surface area contributed by atoms with Gasteiger partial charge in [0.1, 0.15) is 0 Å². The van der Waals surface area contributed by atoms with Gasteiger partial charge in [-0.1, -0.05) is 18.2 Å². The lowest BCUT2D eigenvalue weighted by Gasteiger charge is -2.09. The zero-order chi connectivity index (χ0) is 13.8. The molecule has 19 heavy (non-hydrogen) atoms. The molecule has 0 spiro atoms. The topological polar surface area (TPSA) is 52.9 Å². The summed E-state index contributed by atoms with van der Waals surface area (Å²) in [4.78, 5) is 12.1. The van der Waals surface area contributed by atoms with Crippen LogP contribution in [0, 0.1) is 25.2 Å². The maximum Gasteiger partial charge on any atom is 0.255 e. The van der Waals surface area contributed by atoms with E-state index in [-0.39, 0.29) is 5.91 Å². The van der Waals surface area contributed by atoms with Crippen LogP contribution in [0.5, 0.6) is 0 Å². The van der Waals surface area contributed by atoms with Crippen LogP contribution in [-0.2, 0) is 0 Å². The molecule has 1 N–H and O–H groups in total. The number of nitriles is 1. The van der Waals surface area contributed by atoms with Crippen molar-refractivity contribution in [3.63, 3.8) is 0 Å². The van der Waals surface area contributed by atoms with E-state index in [2.05, 4.69) is 5.32 Å². The molecule has 0 heterocycles. The van der Waals surface area contributed by atoms with Crippen LogP contribution in [0.2, 0.25) is 0 Å². The maximum atomic E-state index is 12.1. The Morgan fingerprint density at radius 3 is 2.68 bits per heavy atom. The normalized spacial score (nSPS) is 9.74. The molecule has 0 bridgehead atoms. The molecule has 1 amide bonds. The molecule has 2 rings (SSSR count). The minimum atomic E-state index is -0.203. The predicted octanol–water partition coefficient (Wildman–Crippen LogP) is 3.43. The Balaban J connectivity index is 2.26. The third-order valence-corrected chi connectivity index (χ3v) is 2.90. The van der Waals surface area contributed by atoms with Gasteiger partial charge in [0.05, 0.1) is 11.6 Å². The predicted molar refractivity (Wildman–Crippen MR) is 75.0 cm³/mol. The monoisotopic (exact) mass is 250 g/mol. The Morgan fingerprint density at radius 1 is 1.16 bits per heavy atom. The van der Waals surface area contributed by atoms with E-state index in [4.69, 9.17) is 5.26 Å². The fourth-order valence-corrected chi connectivity index (χ4v) is 1.79. The average molecular weight is 250 g/mol. The Kier molecular flexibility index (Phi) is 3.63. The minimum absolute atomic E-state index is 0.203. The second-order valence-electron chi connectivity index (χ2n) is 4.47. The first-order chi connectivity index (χ1) is 9.10. The van der Waals surface area contributed by atoms with Crippen LogP contribution in [0.3, 0.4) is 0 Å². The third-order valence-electron chi connectivity index (χ3n) is 2.90. The third kappa shape index (κ3) is 2.99. The summed E-state index contributed by atoms with van der Waals surface area (Å²) >= 11 is 0. The van der Waals surface area contributed by atoms with Gasteiger partial charge >= 0.3 is 0 Å². The number of carbonyl (C=O) groups is 1. The van der Waals surface area contributed by atoms with E-state index in [0.29, 0.717) is 11.1 Å². The van der Waals surface area contributed by atoms with Gasteiger partial charge in [-0.25, -0.2) is 0 Å². The van der Waals surface area contributed by atoms with Crippen molar-refractivity contribution < 1.29 is 4.79 Å². The van der Waals surface area contributed by atoms with Crippen molar-refractivity contribution in [2.45, 2.75) is 13.8 Å². The molecule has 0 aliphatic heterocycles. The van der Waals surface area contributed by atoms with Crippen molar-refractivity contribution in [1.29, 1.82) is 5.26 Å². The molecule has 0 atom stereocenters. The SMILES string of the molecule is Cc1ccc(C)c(NC(=O)c2cccc(C#N)c2)c1. The fourth-order valence-electron chi connectivity index (χ4n) is 1.79. The molecule has 3 nitrogen and oxygen atoms in total. The molecule has 0 fully saturated rings. The van der Waals surface area contributed by atoms with Gasteiger partial charge in [0, 0.05) is 11.3 Å². The quantitative estimate of drug-likeness (QED) is 0.887. The van der Waals surface area contributed by atoms with Crippen LogP contribution >= 0.6 is 0 Å². The second kappa shape index (κ2) is 5.36. The lowest BCUT2D eigenvalue weighted by Crippen LogP contribution is -2.13. The van der Waals surface area contributed by atoms with Gasteiger partial charge in [-0.15, -0.1) is 0 Å². The highest BCUT2D eigenvalue weighted by Crippen LogP contribution is 2.17. The van der Waals surface area contributed by atoms with Crippen LogP contribution < -0.4 is 5.32 Å². The number of hydrogen-bond acceptors (Lipinski definition) is 2. The largest absolute Gasteiger partial charge is 0.322 e. The molecule has 0 aromatic heterocycles. The zero-order valence-electron chi connectivity index (χ0n) is 10.9. The highest BCUT2D eigenvalue weighted by atomic mass is 16.1. The molecule has 94 valence electrons. The average Bonchev–Trinajstić information content (AvgIpc) is 2.43. The Hall–Kier alpha value is -2.60. The molecular weight excluding hydrogens is 236 g/mol. The number of aryl methyl sites for hydroxylation is 2. The van der Waals surface area contributed by atoms with Crippen LogP contribution in [-0.4, -0.2) is 5.91 Å². The summed E-state index contributed by atoms with van der Waals surface area (Å²) in [5.41, 5.74) is 3.86. The molecule has 2 aromatic carbocycles. The molecule has 0 saturated carbocycles. The lowest BCUT2D eigenvalue weighted by molar-refractivity contribution is 0.102. The van der Waals surface area contributed by atoms with E-state index in [1.54, 1.807) is 24.3 Å². The van der Waals surface area contributed by atoms with E-state index in [1.807, 2.05) is 38.1 Å². The molecule has 2 aromatic rings. The highest BCUT2D eigenvalue weighted by molar-refractivity contribution is 6.04. The summed E-state index contributed by atoms with van der Waals surface area (Å²) in [6, 6.07) is 14.6. The van der Waals surface area contributed by atoms with Crippen molar-refractivity contribution in [3.8, 4) is 6.07 Å². The molecule has 0 aliphatic carbocycles. The summed E-state index contributed by atoms with van der Waals surface area (Å²) in [6.07, 6.45) is 0. The number of anilines is 1. The van der Waals surface area contributed by atoms with E-state index >= 15 is 0 Å². The van der Waals surface area contributed by atoms with Gasteiger partial charge in [-0.2, -0.15) is 5.26 Å². The van der Waals surface area contributed by atoms with Gasteiger partial charge in [0.2, 0.25) is 0 Å². The first-order valence-corrected chi connectivity index (χ1v) is 5.99. The summed E-state index contributed by atoms with van der Waals surface area (Å²) < 4.78 is 0. The van der Waals surface area contributed by atoms with Gasteiger partial charge in [-0.05, 0) is 49.2 Å². The van der Waals surface area contributed by atoms with E-state index in [0.717, 1.165) is 16.8 Å². The minimum Gasteiger partial charge on any atom is -0.322 e. The summed E-state index contributed by atoms with van der Waals surface area (Å²) in [5, 5.41) is 11.7. The first kappa shape index (κ1) is 12.8. The van der Waals surface area contributed by atoms with Crippen molar-refractivity contribution in [3.05, 3.63) is 64.7 Å². The lowest BCUT2D eigenvalue weighted by atomic mass is 10.1. The number of hydrogen-bond donors (Lipinski definition) is 1. The number of nitrogens with zero attached hydrogens (tertiary/aromatic N) is 1. The van der Waals surface area contributed by atoms with E-state index in [9.17, 15) is 4.79 Å².